The molecule has 1 N–H and O–H groups in total. The second-order valence-corrected chi connectivity index (χ2v) is 3.26. The molecule has 0 aliphatic rings. The Morgan fingerprint density at radius 2 is 1.93 bits per heavy atom. The highest BCUT2D eigenvalue weighted by Crippen LogP contribution is 2.12. The zero-order valence-corrected chi connectivity index (χ0v) is 7.95. The summed E-state index contributed by atoms with van der Waals surface area (Å²) in [5, 5.41) is 6.93. The Bertz CT molecular complexity index is 434. The molecule has 1 aromatic heterocycles. The molecular formula is C10H7ClN2O. The van der Waals surface area contributed by atoms with Crippen molar-refractivity contribution in [1.29, 1.82) is 0 Å². The van der Waals surface area contributed by atoms with Crippen molar-refractivity contribution < 1.29 is 4.79 Å². The van der Waals surface area contributed by atoms with Gasteiger partial charge in [0.05, 0.1) is 11.8 Å². The Labute approximate surface area is 85.7 Å². The normalized spacial score (nSPS) is 10.1. The summed E-state index contributed by atoms with van der Waals surface area (Å²) < 4.78 is 0. The zero-order valence-electron chi connectivity index (χ0n) is 7.20. The number of halogens is 1. The number of ketones is 1. The molecule has 70 valence electrons. The molecule has 1 heterocycles. The van der Waals surface area contributed by atoms with Crippen LogP contribution in [0.5, 0.6) is 0 Å². The molecule has 0 fully saturated rings. The molecule has 3 nitrogen and oxygen atoms in total. The first kappa shape index (κ1) is 8.97. The van der Waals surface area contributed by atoms with Gasteiger partial charge in [0.25, 0.3) is 0 Å². The highest BCUT2D eigenvalue weighted by atomic mass is 35.5. The molecule has 0 unspecified atom stereocenters. The molecule has 1 aromatic carbocycles. The van der Waals surface area contributed by atoms with Gasteiger partial charge < -0.3 is 0 Å². The second kappa shape index (κ2) is 3.64. The Morgan fingerprint density at radius 1 is 1.21 bits per heavy atom. The smallest absolute Gasteiger partial charge is 0.196 e. The number of hydrogen-bond donors (Lipinski definition) is 1. The first-order valence-electron chi connectivity index (χ1n) is 4.06. The summed E-state index contributed by atoms with van der Waals surface area (Å²) in [5.41, 5.74) is 1.16. The number of carbonyl (C=O) groups excluding carboxylic acids is 1. The van der Waals surface area contributed by atoms with E-state index in [1.807, 2.05) is 0 Å². The lowest BCUT2D eigenvalue weighted by atomic mass is 10.1. The zero-order chi connectivity index (χ0) is 9.97. The van der Waals surface area contributed by atoms with Crippen LogP contribution in [-0.2, 0) is 0 Å². The maximum absolute atomic E-state index is 11.7. The average molecular weight is 207 g/mol. The van der Waals surface area contributed by atoms with Crippen molar-refractivity contribution in [1.82, 2.24) is 10.2 Å². The summed E-state index contributed by atoms with van der Waals surface area (Å²) in [6, 6.07) is 6.76. The van der Waals surface area contributed by atoms with Crippen LogP contribution in [-0.4, -0.2) is 16.0 Å². The average Bonchev–Trinajstić information content (AvgIpc) is 2.71. The number of nitrogens with zero attached hydrogens (tertiary/aromatic N) is 1. The van der Waals surface area contributed by atoms with E-state index in [1.54, 1.807) is 30.5 Å². The predicted molar refractivity (Wildman–Crippen MR) is 53.5 cm³/mol. The maximum atomic E-state index is 11.7. The van der Waals surface area contributed by atoms with E-state index in [-0.39, 0.29) is 5.78 Å². The molecule has 0 radical (unpaired) electrons. The van der Waals surface area contributed by atoms with Crippen molar-refractivity contribution in [2.24, 2.45) is 0 Å². The van der Waals surface area contributed by atoms with Crippen LogP contribution in [0.2, 0.25) is 5.02 Å². The number of rotatable bonds is 2. The molecule has 0 aliphatic carbocycles. The van der Waals surface area contributed by atoms with E-state index in [9.17, 15) is 4.79 Å². The maximum Gasteiger partial charge on any atom is 0.196 e. The number of benzene rings is 1. The van der Waals surface area contributed by atoms with Crippen molar-refractivity contribution in [2.45, 2.75) is 0 Å². The monoisotopic (exact) mass is 206 g/mol. The van der Waals surface area contributed by atoms with Crippen molar-refractivity contribution in [3.8, 4) is 0 Å². The molecule has 0 saturated carbocycles. The van der Waals surface area contributed by atoms with Gasteiger partial charge in [-0.15, -0.1) is 0 Å². The molecule has 0 aliphatic heterocycles. The lowest BCUT2D eigenvalue weighted by Crippen LogP contribution is -1.98. The summed E-state index contributed by atoms with van der Waals surface area (Å²) in [4.78, 5) is 11.7. The molecule has 0 atom stereocenters. The Kier molecular flexibility index (Phi) is 2.33. The lowest BCUT2D eigenvalue weighted by molar-refractivity contribution is 0.103. The first-order chi connectivity index (χ1) is 6.77. The fraction of sp³-hybridized carbons (Fsp3) is 0. The van der Waals surface area contributed by atoms with Gasteiger partial charge in [-0.3, -0.25) is 9.89 Å². The minimum atomic E-state index is -0.0598. The number of hydrogen-bond acceptors (Lipinski definition) is 2. The predicted octanol–water partition coefficient (Wildman–Crippen LogP) is 2.29. The van der Waals surface area contributed by atoms with E-state index in [0.29, 0.717) is 16.1 Å². The minimum absolute atomic E-state index is 0.0598. The van der Waals surface area contributed by atoms with Crippen LogP contribution >= 0.6 is 11.6 Å². The number of aromatic amines is 1. The molecule has 2 rings (SSSR count). The van der Waals surface area contributed by atoms with Gasteiger partial charge in [0, 0.05) is 16.8 Å². The fourth-order valence-corrected chi connectivity index (χ4v) is 1.27. The van der Waals surface area contributed by atoms with Crippen molar-refractivity contribution >= 4 is 17.4 Å². The van der Waals surface area contributed by atoms with E-state index in [0.717, 1.165) is 0 Å². The van der Waals surface area contributed by atoms with Crippen LogP contribution in [0.15, 0.2) is 36.7 Å². The molecular weight excluding hydrogens is 200 g/mol. The minimum Gasteiger partial charge on any atom is -0.288 e. The standard InChI is InChI=1S/C10H7ClN2O/c11-9-3-1-7(2-4-9)10(14)8-5-12-13-6-8/h1-6H,(H,12,13). The van der Waals surface area contributed by atoms with E-state index < -0.39 is 0 Å². The van der Waals surface area contributed by atoms with Crippen LogP contribution in [0.3, 0.4) is 0 Å². The van der Waals surface area contributed by atoms with E-state index >= 15 is 0 Å². The highest BCUT2D eigenvalue weighted by molar-refractivity contribution is 6.30. The summed E-state index contributed by atoms with van der Waals surface area (Å²) in [6.07, 6.45) is 3.06. The number of carbonyl (C=O) groups is 1. The Hall–Kier alpha value is -1.61. The van der Waals surface area contributed by atoms with Crippen LogP contribution in [0.25, 0.3) is 0 Å². The largest absolute Gasteiger partial charge is 0.288 e. The van der Waals surface area contributed by atoms with E-state index in [4.69, 9.17) is 11.6 Å². The highest BCUT2D eigenvalue weighted by Gasteiger charge is 2.08. The van der Waals surface area contributed by atoms with Crippen LogP contribution in [0.4, 0.5) is 0 Å². The summed E-state index contributed by atoms with van der Waals surface area (Å²) in [7, 11) is 0. The molecule has 0 bridgehead atoms. The van der Waals surface area contributed by atoms with Crippen molar-refractivity contribution in [3.63, 3.8) is 0 Å². The van der Waals surface area contributed by atoms with Gasteiger partial charge in [-0.2, -0.15) is 5.10 Å². The molecule has 2 aromatic rings. The van der Waals surface area contributed by atoms with Crippen LogP contribution in [0, 0.1) is 0 Å². The van der Waals surface area contributed by atoms with Crippen LogP contribution < -0.4 is 0 Å². The van der Waals surface area contributed by atoms with Crippen molar-refractivity contribution in [2.75, 3.05) is 0 Å². The summed E-state index contributed by atoms with van der Waals surface area (Å²) in [5.74, 6) is -0.0598. The SMILES string of the molecule is O=C(c1ccc(Cl)cc1)c1cn[nH]c1. The van der Waals surface area contributed by atoms with E-state index in [2.05, 4.69) is 10.2 Å². The molecule has 14 heavy (non-hydrogen) atoms. The van der Waals surface area contributed by atoms with Gasteiger partial charge in [-0.05, 0) is 24.3 Å². The number of nitrogens with one attached hydrogen (secondary N) is 1. The van der Waals surface area contributed by atoms with Gasteiger partial charge in [-0.25, -0.2) is 0 Å². The quantitative estimate of drug-likeness (QED) is 0.767. The third-order valence-corrected chi connectivity index (χ3v) is 2.12. The van der Waals surface area contributed by atoms with Gasteiger partial charge in [0.2, 0.25) is 0 Å². The second-order valence-electron chi connectivity index (χ2n) is 2.82. The molecule has 0 saturated heterocycles. The van der Waals surface area contributed by atoms with Gasteiger partial charge in [-0.1, -0.05) is 11.6 Å². The molecule has 0 amide bonds. The third-order valence-electron chi connectivity index (χ3n) is 1.87. The first-order valence-corrected chi connectivity index (χ1v) is 4.44. The van der Waals surface area contributed by atoms with Gasteiger partial charge in [0.15, 0.2) is 5.78 Å². The topological polar surface area (TPSA) is 45.8 Å². The van der Waals surface area contributed by atoms with Crippen LogP contribution in [0.1, 0.15) is 15.9 Å². The third kappa shape index (κ3) is 1.67. The summed E-state index contributed by atoms with van der Waals surface area (Å²) >= 11 is 5.71. The lowest BCUT2D eigenvalue weighted by Gasteiger charge is -1.96. The fourth-order valence-electron chi connectivity index (χ4n) is 1.14. The molecule has 0 spiro atoms. The van der Waals surface area contributed by atoms with E-state index in [1.165, 1.54) is 6.20 Å². The van der Waals surface area contributed by atoms with Crippen molar-refractivity contribution in [3.05, 3.63) is 52.8 Å². The Morgan fingerprint density at radius 3 is 2.50 bits per heavy atom. The molecule has 4 heteroatoms. The Balaban J connectivity index is 2.33. The van der Waals surface area contributed by atoms with Gasteiger partial charge in [0.1, 0.15) is 0 Å². The van der Waals surface area contributed by atoms with Gasteiger partial charge >= 0.3 is 0 Å². The number of H-pyrrole nitrogens is 1. The number of aromatic nitrogens is 2. The summed E-state index contributed by atoms with van der Waals surface area (Å²) in [6.45, 7) is 0.